The molecule has 27 heavy (non-hydrogen) atoms. The van der Waals surface area contributed by atoms with E-state index in [4.69, 9.17) is 4.52 Å². The average Bonchev–Trinajstić information content (AvgIpc) is 3.39. The number of aromatic nitrogens is 1. The molecule has 0 bridgehead atoms. The summed E-state index contributed by atoms with van der Waals surface area (Å²) in [5.41, 5.74) is 6.82. The predicted molar refractivity (Wildman–Crippen MR) is 114 cm³/mol. The van der Waals surface area contributed by atoms with Gasteiger partial charge < -0.3 is 14.7 Å². The first-order valence-electron chi connectivity index (χ1n) is 10.3. The highest BCUT2D eigenvalue weighted by molar-refractivity contribution is 5.85. The number of nitrogens with one attached hydrogen (secondary N) is 1. The summed E-state index contributed by atoms with van der Waals surface area (Å²) >= 11 is 0. The van der Waals surface area contributed by atoms with Gasteiger partial charge in [0, 0.05) is 31.4 Å². The maximum absolute atomic E-state index is 5.34. The minimum Gasteiger partial charge on any atom is -0.371 e. The molecule has 0 amide bonds. The highest BCUT2D eigenvalue weighted by atomic mass is 35.5. The van der Waals surface area contributed by atoms with Crippen LogP contribution < -0.4 is 10.2 Å². The number of anilines is 2. The number of hydrogen-bond donors (Lipinski definition) is 1. The van der Waals surface area contributed by atoms with Crippen molar-refractivity contribution < 1.29 is 4.52 Å². The van der Waals surface area contributed by atoms with Crippen molar-refractivity contribution in [3.05, 3.63) is 40.6 Å². The Morgan fingerprint density at radius 2 is 1.85 bits per heavy atom. The zero-order valence-corrected chi connectivity index (χ0v) is 17.4. The molecule has 148 valence electrons. The zero-order valence-electron chi connectivity index (χ0n) is 16.6. The third-order valence-electron chi connectivity index (χ3n) is 6.05. The molecule has 0 unspecified atom stereocenters. The molecule has 1 N–H and O–H groups in total. The first kappa shape index (κ1) is 20.1. The van der Waals surface area contributed by atoms with Gasteiger partial charge in [0.05, 0.1) is 5.69 Å². The molecule has 0 radical (unpaired) electrons. The predicted octanol–water partition coefficient (Wildman–Crippen LogP) is 5.52. The van der Waals surface area contributed by atoms with Gasteiger partial charge in [-0.05, 0) is 74.6 Å². The van der Waals surface area contributed by atoms with Gasteiger partial charge in [0.2, 0.25) is 5.88 Å². The minimum atomic E-state index is 0. The van der Waals surface area contributed by atoms with E-state index in [1.165, 1.54) is 68.3 Å². The number of fused-ring (bicyclic) bond motifs is 1. The summed E-state index contributed by atoms with van der Waals surface area (Å²) in [6.07, 6.45) is 9.36. The van der Waals surface area contributed by atoms with Crippen LogP contribution in [0.15, 0.2) is 22.7 Å². The lowest BCUT2D eigenvalue weighted by molar-refractivity contribution is 0.427. The van der Waals surface area contributed by atoms with Gasteiger partial charge in [-0.15, -0.1) is 12.4 Å². The molecular formula is C22H32ClN3O. The molecule has 0 spiro atoms. The van der Waals surface area contributed by atoms with Crippen LogP contribution in [-0.4, -0.2) is 18.2 Å². The Morgan fingerprint density at radius 1 is 1.11 bits per heavy atom. The Kier molecular flexibility index (Phi) is 6.69. The van der Waals surface area contributed by atoms with Crippen LogP contribution in [0.5, 0.6) is 0 Å². The van der Waals surface area contributed by atoms with Gasteiger partial charge in [0.25, 0.3) is 0 Å². The average molecular weight is 390 g/mol. The Hall–Kier alpha value is -1.68. The highest BCUT2D eigenvalue weighted by Gasteiger charge is 2.22. The molecular weight excluding hydrogens is 358 g/mol. The van der Waals surface area contributed by atoms with E-state index in [0.29, 0.717) is 0 Å². The number of rotatable bonds is 7. The first-order valence-corrected chi connectivity index (χ1v) is 10.3. The lowest BCUT2D eigenvalue weighted by Crippen LogP contribution is -2.29. The SMILES string of the molecule is CCN(CC1CCCC1)c1cc2c(cc1CNc1cc(C)no1)CCC2.Cl. The highest BCUT2D eigenvalue weighted by Crippen LogP contribution is 2.33. The minimum absolute atomic E-state index is 0. The lowest BCUT2D eigenvalue weighted by atomic mass is 10.0. The van der Waals surface area contributed by atoms with Crippen molar-refractivity contribution in [2.45, 2.75) is 65.3 Å². The van der Waals surface area contributed by atoms with Crippen molar-refractivity contribution in [2.24, 2.45) is 5.92 Å². The van der Waals surface area contributed by atoms with Gasteiger partial charge in [-0.2, -0.15) is 0 Å². The van der Waals surface area contributed by atoms with Crippen molar-refractivity contribution in [3.63, 3.8) is 0 Å². The standard InChI is InChI=1S/C22H31N3O.ClH/c1-3-25(15-17-7-4-5-8-17)21-13-19-10-6-9-18(19)12-20(21)14-23-22-11-16(2)24-26-22;/h11-13,17,23H,3-10,14-15H2,1-2H3;1H. The third-order valence-corrected chi connectivity index (χ3v) is 6.05. The van der Waals surface area contributed by atoms with Crippen LogP contribution in [0, 0.1) is 12.8 Å². The fraction of sp³-hybridized carbons (Fsp3) is 0.591. The topological polar surface area (TPSA) is 41.3 Å². The second-order valence-corrected chi connectivity index (χ2v) is 7.98. The maximum atomic E-state index is 5.34. The molecule has 1 aromatic carbocycles. The van der Waals surface area contributed by atoms with E-state index in [2.05, 4.69) is 34.4 Å². The largest absolute Gasteiger partial charge is 0.371 e. The van der Waals surface area contributed by atoms with E-state index >= 15 is 0 Å². The van der Waals surface area contributed by atoms with E-state index in [1.54, 1.807) is 5.56 Å². The Morgan fingerprint density at radius 3 is 2.52 bits per heavy atom. The summed E-state index contributed by atoms with van der Waals surface area (Å²) in [5.74, 6) is 1.62. The van der Waals surface area contributed by atoms with E-state index in [0.717, 1.165) is 30.6 Å². The van der Waals surface area contributed by atoms with Crippen LogP contribution in [0.1, 0.15) is 61.4 Å². The number of aryl methyl sites for hydroxylation is 3. The number of nitrogens with zero attached hydrogens (tertiary/aromatic N) is 2. The molecule has 0 aliphatic heterocycles. The molecule has 1 fully saturated rings. The van der Waals surface area contributed by atoms with Crippen LogP contribution >= 0.6 is 12.4 Å². The van der Waals surface area contributed by atoms with Gasteiger partial charge in [-0.25, -0.2) is 0 Å². The van der Waals surface area contributed by atoms with Crippen molar-refractivity contribution in [1.29, 1.82) is 0 Å². The molecule has 1 aromatic heterocycles. The monoisotopic (exact) mass is 389 g/mol. The molecule has 1 heterocycles. The van der Waals surface area contributed by atoms with E-state index in [9.17, 15) is 0 Å². The van der Waals surface area contributed by atoms with Crippen LogP contribution in [-0.2, 0) is 19.4 Å². The summed E-state index contributed by atoms with van der Waals surface area (Å²) in [4.78, 5) is 2.61. The Labute approximate surface area is 169 Å². The molecule has 1 saturated carbocycles. The van der Waals surface area contributed by atoms with E-state index < -0.39 is 0 Å². The van der Waals surface area contributed by atoms with Gasteiger partial charge in [0.1, 0.15) is 0 Å². The molecule has 2 aromatic rings. The number of benzene rings is 1. The normalized spacial score (nSPS) is 16.2. The van der Waals surface area contributed by atoms with E-state index in [-0.39, 0.29) is 12.4 Å². The van der Waals surface area contributed by atoms with E-state index in [1.807, 2.05) is 13.0 Å². The fourth-order valence-corrected chi connectivity index (χ4v) is 4.63. The smallest absolute Gasteiger partial charge is 0.225 e. The second kappa shape index (κ2) is 9.01. The van der Waals surface area contributed by atoms with Crippen LogP contribution in [0.4, 0.5) is 11.6 Å². The summed E-state index contributed by atoms with van der Waals surface area (Å²) < 4.78 is 5.34. The number of halogens is 1. The van der Waals surface area contributed by atoms with Crippen LogP contribution in [0.3, 0.4) is 0 Å². The molecule has 2 aliphatic carbocycles. The second-order valence-electron chi connectivity index (χ2n) is 7.98. The van der Waals surface area contributed by atoms with Gasteiger partial charge in [0.15, 0.2) is 0 Å². The number of hydrogen-bond acceptors (Lipinski definition) is 4. The summed E-state index contributed by atoms with van der Waals surface area (Å²) in [6.45, 7) is 7.31. The van der Waals surface area contributed by atoms with Crippen LogP contribution in [0.2, 0.25) is 0 Å². The zero-order chi connectivity index (χ0) is 17.9. The molecule has 0 saturated heterocycles. The molecule has 4 rings (SSSR count). The maximum Gasteiger partial charge on any atom is 0.225 e. The Balaban J connectivity index is 0.00000210. The van der Waals surface area contributed by atoms with Crippen molar-refractivity contribution in [1.82, 2.24) is 5.16 Å². The summed E-state index contributed by atoms with van der Waals surface area (Å²) in [6, 6.07) is 6.87. The molecule has 2 aliphatic rings. The van der Waals surface area contributed by atoms with Gasteiger partial charge >= 0.3 is 0 Å². The van der Waals surface area contributed by atoms with Gasteiger partial charge in [-0.1, -0.05) is 24.1 Å². The van der Waals surface area contributed by atoms with Crippen molar-refractivity contribution in [2.75, 3.05) is 23.3 Å². The quantitative estimate of drug-likeness (QED) is 0.676. The fourth-order valence-electron chi connectivity index (χ4n) is 4.63. The molecule has 5 heteroatoms. The first-order chi connectivity index (χ1) is 12.7. The summed E-state index contributed by atoms with van der Waals surface area (Å²) in [5, 5.41) is 7.41. The van der Waals surface area contributed by atoms with Crippen molar-refractivity contribution in [3.8, 4) is 0 Å². The molecule has 0 atom stereocenters. The van der Waals surface area contributed by atoms with Crippen LogP contribution in [0.25, 0.3) is 0 Å². The van der Waals surface area contributed by atoms with Gasteiger partial charge in [-0.3, -0.25) is 0 Å². The lowest BCUT2D eigenvalue weighted by Gasteiger charge is -2.29. The molecule has 4 nitrogen and oxygen atoms in total. The third kappa shape index (κ3) is 4.60. The van der Waals surface area contributed by atoms with Crippen molar-refractivity contribution >= 4 is 24.0 Å². The Bertz CT molecular complexity index is 752. The summed E-state index contributed by atoms with van der Waals surface area (Å²) in [7, 11) is 0.